The van der Waals surface area contributed by atoms with E-state index in [0.717, 1.165) is 52.1 Å². The molecule has 3 fully saturated rings. The molecule has 0 radical (unpaired) electrons. The summed E-state index contributed by atoms with van der Waals surface area (Å²) in [7, 11) is 0. The van der Waals surface area contributed by atoms with Gasteiger partial charge in [-0.3, -0.25) is 14.5 Å². The number of carbonyl (C=O) groups is 2. The van der Waals surface area contributed by atoms with Crippen LogP contribution in [0.5, 0.6) is 0 Å². The number of piperidine rings is 1. The number of nitrogens with zero attached hydrogens (tertiary/aromatic N) is 3. The molecule has 1 spiro atoms. The van der Waals surface area contributed by atoms with Crippen LogP contribution in [0.3, 0.4) is 0 Å². The van der Waals surface area contributed by atoms with Crippen molar-refractivity contribution in [3.8, 4) is 0 Å². The van der Waals surface area contributed by atoms with Crippen molar-refractivity contribution in [1.82, 2.24) is 14.7 Å². The van der Waals surface area contributed by atoms with Crippen LogP contribution >= 0.6 is 0 Å². The second-order valence-corrected chi connectivity index (χ2v) is 10.0. The molecule has 2 amide bonds. The van der Waals surface area contributed by atoms with E-state index in [2.05, 4.69) is 47.9 Å². The second-order valence-electron chi connectivity index (χ2n) is 10.0. The standard InChI is InChI=1S/C25H37N3O2/c1-20(2)22-8-6-21(7-9-22)17-26-13-4-11-25(18-26)12-16-28(19-25)24(30)10-15-27-14-3-5-23(27)29/h6-9,20H,3-5,10-19H2,1-2H3/t25-/m0/s1. The number of amides is 2. The van der Waals surface area contributed by atoms with E-state index < -0.39 is 0 Å². The molecule has 0 aromatic heterocycles. The van der Waals surface area contributed by atoms with Gasteiger partial charge in [0.15, 0.2) is 0 Å². The maximum atomic E-state index is 12.8. The van der Waals surface area contributed by atoms with E-state index in [1.54, 1.807) is 0 Å². The van der Waals surface area contributed by atoms with Gasteiger partial charge in [0.25, 0.3) is 0 Å². The average molecular weight is 412 g/mol. The normalized spacial score (nSPS) is 25.1. The number of benzene rings is 1. The van der Waals surface area contributed by atoms with Gasteiger partial charge in [0.05, 0.1) is 0 Å². The minimum absolute atomic E-state index is 0.213. The highest BCUT2D eigenvalue weighted by Gasteiger charge is 2.42. The van der Waals surface area contributed by atoms with Crippen molar-refractivity contribution in [3.05, 3.63) is 35.4 Å². The van der Waals surface area contributed by atoms with Crippen LogP contribution in [-0.4, -0.2) is 65.8 Å². The van der Waals surface area contributed by atoms with E-state index in [1.165, 1.54) is 24.0 Å². The highest BCUT2D eigenvalue weighted by molar-refractivity contribution is 5.80. The molecule has 4 rings (SSSR count). The van der Waals surface area contributed by atoms with E-state index in [1.807, 2.05) is 4.90 Å². The molecule has 0 N–H and O–H groups in total. The van der Waals surface area contributed by atoms with Crippen LogP contribution in [0.2, 0.25) is 0 Å². The van der Waals surface area contributed by atoms with E-state index in [0.29, 0.717) is 25.3 Å². The number of likely N-dealkylation sites (tertiary alicyclic amines) is 3. The van der Waals surface area contributed by atoms with Gasteiger partial charge in [-0.25, -0.2) is 0 Å². The molecule has 0 bridgehead atoms. The van der Waals surface area contributed by atoms with Crippen LogP contribution in [-0.2, 0) is 16.1 Å². The summed E-state index contributed by atoms with van der Waals surface area (Å²) < 4.78 is 0. The molecule has 1 aromatic rings. The van der Waals surface area contributed by atoms with Crippen LogP contribution < -0.4 is 0 Å². The number of hydrogen-bond acceptors (Lipinski definition) is 3. The van der Waals surface area contributed by atoms with E-state index in [4.69, 9.17) is 0 Å². The van der Waals surface area contributed by atoms with Gasteiger partial charge >= 0.3 is 0 Å². The quantitative estimate of drug-likeness (QED) is 0.718. The Morgan fingerprint density at radius 1 is 1.03 bits per heavy atom. The minimum Gasteiger partial charge on any atom is -0.342 e. The van der Waals surface area contributed by atoms with Crippen molar-refractivity contribution in [2.75, 3.05) is 39.3 Å². The fourth-order valence-electron chi connectivity index (χ4n) is 5.52. The Morgan fingerprint density at radius 2 is 1.83 bits per heavy atom. The molecule has 30 heavy (non-hydrogen) atoms. The summed E-state index contributed by atoms with van der Waals surface area (Å²) in [6.07, 6.45) is 5.63. The van der Waals surface area contributed by atoms with Crippen LogP contribution in [0.15, 0.2) is 24.3 Å². The Balaban J connectivity index is 1.29. The Kier molecular flexibility index (Phi) is 6.47. The van der Waals surface area contributed by atoms with Gasteiger partial charge in [0, 0.05) is 57.5 Å². The van der Waals surface area contributed by atoms with Crippen molar-refractivity contribution in [2.24, 2.45) is 5.41 Å². The number of hydrogen-bond donors (Lipinski definition) is 0. The number of rotatable bonds is 6. The van der Waals surface area contributed by atoms with Gasteiger partial charge in [-0.2, -0.15) is 0 Å². The lowest BCUT2D eigenvalue weighted by molar-refractivity contribution is -0.132. The molecular formula is C25H37N3O2. The Morgan fingerprint density at radius 3 is 2.53 bits per heavy atom. The van der Waals surface area contributed by atoms with Gasteiger partial charge in [-0.15, -0.1) is 0 Å². The fourth-order valence-corrected chi connectivity index (χ4v) is 5.52. The summed E-state index contributed by atoms with van der Waals surface area (Å²) >= 11 is 0. The molecular weight excluding hydrogens is 374 g/mol. The molecule has 3 saturated heterocycles. The molecule has 0 aliphatic carbocycles. The fraction of sp³-hybridized carbons (Fsp3) is 0.680. The Bertz CT molecular complexity index is 760. The molecule has 3 aliphatic heterocycles. The molecule has 164 valence electrons. The summed E-state index contributed by atoms with van der Waals surface area (Å²) in [5.41, 5.74) is 3.04. The first kappa shape index (κ1) is 21.4. The number of carbonyl (C=O) groups excluding carboxylic acids is 2. The predicted octanol–water partition coefficient (Wildman–Crippen LogP) is 3.64. The molecule has 3 heterocycles. The van der Waals surface area contributed by atoms with Gasteiger partial charge < -0.3 is 9.80 Å². The van der Waals surface area contributed by atoms with Crippen molar-refractivity contribution >= 4 is 11.8 Å². The highest BCUT2D eigenvalue weighted by Crippen LogP contribution is 2.39. The second kappa shape index (κ2) is 9.09. The van der Waals surface area contributed by atoms with Crippen molar-refractivity contribution in [1.29, 1.82) is 0 Å². The molecule has 5 nitrogen and oxygen atoms in total. The van der Waals surface area contributed by atoms with Gasteiger partial charge in [-0.05, 0) is 49.3 Å². The molecule has 0 saturated carbocycles. The summed E-state index contributed by atoms with van der Waals surface area (Å²) in [5, 5.41) is 0. The molecule has 5 heteroatoms. The lowest BCUT2D eigenvalue weighted by atomic mass is 9.79. The summed E-state index contributed by atoms with van der Waals surface area (Å²) in [4.78, 5) is 31.1. The van der Waals surface area contributed by atoms with Crippen molar-refractivity contribution in [3.63, 3.8) is 0 Å². The maximum absolute atomic E-state index is 12.8. The first-order chi connectivity index (χ1) is 14.4. The highest BCUT2D eigenvalue weighted by atomic mass is 16.2. The predicted molar refractivity (Wildman–Crippen MR) is 119 cm³/mol. The molecule has 3 aliphatic rings. The largest absolute Gasteiger partial charge is 0.342 e. The van der Waals surface area contributed by atoms with Gasteiger partial charge in [0.1, 0.15) is 0 Å². The SMILES string of the molecule is CC(C)c1ccc(CN2CCC[C@]3(CCN(C(=O)CCN4CCCC4=O)C3)C2)cc1. The topological polar surface area (TPSA) is 43.9 Å². The van der Waals surface area contributed by atoms with E-state index in [-0.39, 0.29) is 17.2 Å². The lowest BCUT2D eigenvalue weighted by Gasteiger charge is -2.40. The summed E-state index contributed by atoms with van der Waals surface area (Å²) in [6, 6.07) is 9.09. The molecule has 0 unspecified atom stereocenters. The summed E-state index contributed by atoms with van der Waals surface area (Å²) in [5.74, 6) is 1.01. The van der Waals surface area contributed by atoms with Crippen LogP contribution in [0, 0.1) is 5.41 Å². The Hall–Kier alpha value is -1.88. The van der Waals surface area contributed by atoms with Crippen LogP contribution in [0.1, 0.15) is 69.4 Å². The third-order valence-electron chi connectivity index (χ3n) is 7.35. The minimum atomic E-state index is 0.213. The monoisotopic (exact) mass is 411 g/mol. The molecule has 1 aromatic carbocycles. The van der Waals surface area contributed by atoms with Gasteiger partial charge in [-0.1, -0.05) is 38.1 Å². The van der Waals surface area contributed by atoms with E-state index in [9.17, 15) is 9.59 Å². The zero-order valence-corrected chi connectivity index (χ0v) is 18.7. The lowest BCUT2D eigenvalue weighted by Crippen LogP contribution is -2.45. The van der Waals surface area contributed by atoms with Gasteiger partial charge in [0.2, 0.25) is 11.8 Å². The third-order valence-corrected chi connectivity index (χ3v) is 7.35. The van der Waals surface area contributed by atoms with Crippen molar-refractivity contribution in [2.45, 2.75) is 64.8 Å². The Labute approximate surface area is 181 Å². The zero-order valence-electron chi connectivity index (χ0n) is 18.7. The first-order valence-electron chi connectivity index (χ1n) is 11.8. The smallest absolute Gasteiger partial charge is 0.224 e. The third kappa shape index (κ3) is 4.88. The first-order valence-corrected chi connectivity index (χ1v) is 11.8. The maximum Gasteiger partial charge on any atom is 0.224 e. The average Bonchev–Trinajstić information content (AvgIpc) is 3.33. The van der Waals surface area contributed by atoms with Crippen LogP contribution in [0.4, 0.5) is 0 Å². The van der Waals surface area contributed by atoms with Crippen molar-refractivity contribution < 1.29 is 9.59 Å². The van der Waals surface area contributed by atoms with E-state index >= 15 is 0 Å². The molecule has 1 atom stereocenters. The zero-order chi connectivity index (χ0) is 21.1. The summed E-state index contributed by atoms with van der Waals surface area (Å²) in [6.45, 7) is 10.9. The van der Waals surface area contributed by atoms with Crippen LogP contribution in [0.25, 0.3) is 0 Å².